The molecule has 20 heavy (non-hydrogen) atoms. The van der Waals surface area contributed by atoms with Gasteiger partial charge in [-0.15, -0.1) is 0 Å². The van der Waals surface area contributed by atoms with Gasteiger partial charge in [0.15, 0.2) is 0 Å². The number of anilines is 2. The maximum atomic E-state index is 12.0. The summed E-state index contributed by atoms with van der Waals surface area (Å²) in [5.74, 6) is -0.437. The Balaban J connectivity index is 1.91. The molecule has 1 saturated heterocycles. The van der Waals surface area contributed by atoms with E-state index in [0.717, 1.165) is 0 Å². The predicted octanol–water partition coefficient (Wildman–Crippen LogP) is 1.11. The molecule has 1 aliphatic heterocycles. The fourth-order valence-electron chi connectivity index (χ4n) is 2.04. The second-order valence-electron chi connectivity index (χ2n) is 4.79. The highest BCUT2D eigenvalue weighted by Crippen LogP contribution is 2.17. The van der Waals surface area contributed by atoms with Crippen molar-refractivity contribution in [3.63, 3.8) is 0 Å². The molecule has 0 aliphatic carbocycles. The molecule has 0 spiro atoms. The van der Waals surface area contributed by atoms with Crippen molar-refractivity contribution in [3.05, 3.63) is 24.3 Å². The zero-order valence-corrected chi connectivity index (χ0v) is 11.2. The number of rotatable bonds is 3. The van der Waals surface area contributed by atoms with Gasteiger partial charge in [-0.05, 0) is 30.7 Å². The third-order valence-corrected chi connectivity index (χ3v) is 3.11. The molecule has 0 aromatic heterocycles. The number of hydrogen-bond donors (Lipinski definition) is 3. The topological polar surface area (TPSA) is 87.3 Å². The van der Waals surface area contributed by atoms with Gasteiger partial charge in [0.05, 0.1) is 5.92 Å². The lowest BCUT2D eigenvalue weighted by Crippen LogP contribution is -2.40. The lowest BCUT2D eigenvalue weighted by Gasteiger charge is -2.21. The molecule has 0 saturated carbocycles. The average Bonchev–Trinajstić information content (AvgIpc) is 2.41. The molecule has 1 unspecified atom stereocenters. The van der Waals surface area contributed by atoms with Crippen LogP contribution in [0.5, 0.6) is 0 Å². The molecule has 6 heteroatoms. The highest BCUT2D eigenvalue weighted by molar-refractivity contribution is 5.94. The molecule has 3 amide bonds. The first kappa shape index (κ1) is 14.0. The van der Waals surface area contributed by atoms with Crippen LogP contribution in [-0.4, -0.2) is 24.3 Å². The van der Waals surface area contributed by atoms with E-state index < -0.39 is 0 Å². The van der Waals surface area contributed by atoms with Gasteiger partial charge >= 0.3 is 0 Å². The summed E-state index contributed by atoms with van der Waals surface area (Å²) in [6, 6.07) is 6.90. The monoisotopic (exact) mass is 275 g/mol. The van der Waals surface area contributed by atoms with Crippen LogP contribution in [0, 0.1) is 5.92 Å². The Bertz CT molecular complexity index is 515. The van der Waals surface area contributed by atoms with Crippen LogP contribution in [-0.2, 0) is 14.4 Å². The summed E-state index contributed by atoms with van der Waals surface area (Å²) in [5.41, 5.74) is 1.35. The van der Waals surface area contributed by atoms with Gasteiger partial charge in [0.25, 0.3) is 0 Å². The van der Waals surface area contributed by atoms with Gasteiger partial charge in [-0.2, -0.15) is 0 Å². The zero-order valence-electron chi connectivity index (χ0n) is 11.2. The van der Waals surface area contributed by atoms with Gasteiger partial charge in [0, 0.05) is 31.3 Å². The summed E-state index contributed by atoms with van der Waals surface area (Å²) in [5, 5.41) is 8.14. The Labute approximate surface area is 116 Å². The molecule has 1 aliphatic rings. The number of carbonyl (C=O) groups is 3. The first-order chi connectivity index (χ1) is 9.54. The minimum atomic E-state index is -0.192. The van der Waals surface area contributed by atoms with Crippen molar-refractivity contribution < 1.29 is 14.4 Å². The van der Waals surface area contributed by atoms with Crippen LogP contribution in [0.15, 0.2) is 24.3 Å². The van der Waals surface area contributed by atoms with E-state index in [2.05, 4.69) is 16.0 Å². The van der Waals surface area contributed by atoms with Crippen molar-refractivity contribution in [2.45, 2.75) is 19.8 Å². The third kappa shape index (κ3) is 3.81. The summed E-state index contributed by atoms with van der Waals surface area (Å²) in [4.78, 5) is 33.9. The first-order valence-corrected chi connectivity index (χ1v) is 6.50. The molecule has 0 bridgehead atoms. The lowest BCUT2D eigenvalue weighted by atomic mass is 9.98. The van der Waals surface area contributed by atoms with E-state index in [0.29, 0.717) is 30.8 Å². The summed E-state index contributed by atoms with van der Waals surface area (Å²) in [6.07, 6.45) is 0.960. The van der Waals surface area contributed by atoms with E-state index >= 15 is 0 Å². The van der Waals surface area contributed by atoms with Gasteiger partial charge in [0.1, 0.15) is 0 Å². The smallest absolute Gasteiger partial charge is 0.229 e. The normalized spacial score (nSPS) is 18.1. The molecular formula is C14H17N3O3. The minimum absolute atomic E-state index is 0.00582. The van der Waals surface area contributed by atoms with E-state index in [1.54, 1.807) is 24.3 Å². The maximum absolute atomic E-state index is 12.0. The molecular weight excluding hydrogens is 258 g/mol. The van der Waals surface area contributed by atoms with E-state index in [1.807, 2.05) is 0 Å². The second-order valence-corrected chi connectivity index (χ2v) is 4.79. The third-order valence-electron chi connectivity index (χ3n) is 3.11. The van der Waals surface area contributed by atoms with Crippen LogP contribution in [0.1, 0.15) is 19.8 Å². The zero-order chi connectivity index (χ0) is 14.5. The SMILES string of the molecule is CC(=O)Nc1ccc(NC(=O)C2CCC(=O)NC2)cc1. The van der Waals surface area contributed by atoms with Crippen LogP contribution >= 0.6 is 0 Å². The molecule has 1 aromatic rings. The Kier molecular flexibility index (Phi) is 4.34. The van der Waals surface area contributed by atoms with E-state index in [-0.39, 0.29) is 23.6 Å². The average molecular weight is 275 g/mol. The second kappa shape index (κ2) is 6.18. The fraction of sp³-hybridized carbons (Fsp3) is 0.357. The van der Waals surface area contributed by atoms with Gasteiger partial charge < -0.3 is 16.0 Å². The Morgan fingerprint density at radius 1 is 1.15 bits per heavy atom. The van der Waals surface area contributed by atoms with Gasteiger partial charge in [-0.1, -0.05) is 0 Å². The molecule has 1 aromatic carbocycles. The molecule has 3 N–H and O–H groups in total. The highest BCUT2D eigenvalue weighted by atomic mass is 16.2. The Morgan fingerprint density at radius 2 is 1.75 bits per heavy atom. The molecule has 1 fully saturated rings. The summed E-state index contributed by atoms with van der Waals surface area (Å²) < 4.78 is 0. The number of piperidine rings is 1. The van der Waals surface area contributed by atoms with Crippen LogP contribution < -0.4 is 16.0 Å². The lowest BCUT2D eigenvalue weighted by molar-refractivity contribution is -0.126. The largest absolute Gasteiger partial charge is 0.355 e. The van der Waals surface area contributed by atoms with E-state index in [1.165, 1.54) is 6.92 Å². The quantitative estimate of drug-likeness (QED) is 0.772. The van der Waals surface area contributed by atoms with Gasteiger partial charge in [-0.25, -0.2) is 0 Å². The van der Waals surface area contributed by atoms with E-state index in [9.17, 15) is 14.4 Å². The van der Waals surface area contributed by atoms with Crippen molar-refractivity contribution in [2.24, 2.45) is 5.92 Å². The van der Waals surface area contributed by atoms with Crippen molar-refractivity contribution in [1.82, 2.24) is 5.32 Å². The predicted molar refractivity (Wildman–Crippen MR) is 75.1 cm³/mol. The van der Waals surface area contributed by atoms with Crippen LogP contribution in [0.3, 0.4) is 0 Å². The molecule has 1 heterocycles. The van der Waals surface area contributed by atoms with Crippen molar-refractivity contribution in [2.75, 3.05) is 17.2 Å². The standard InChI is InChI=1S/C14H17N3O3/c1-9(18)16-11-3-5-12(6-4-11)17-14(20)10-2-7-13(19)15-8-10/h3-6,10H,2,7-8H2,1H3,(H,15,19)(H,16,18)(H,17,20). The number of carbonyl (C=O) groups excluding carboxylic acids is 3. The first-order valence-electron chi connectivity index (χ1n) is 6.50. The van der Waals surface area contributed by atoms with Crippen molar-refractivity contribution >= 4 is 29.1 Å². The van der Waals surface area contributed by atoms with Crippen LogP contribution in [0.25, 0.3) is 0 Å². The summed E-state index contributed by atoms with van der Waals surface area (Å²) >= 11 is 0. The number of nitrogens with one attached hydrogen (secondary N) is 3. The maximum Gasteiger partial charge on any atom is 0.229 e. The highest BCUT2D eigenvalue weighted by Gasteiger charge is 2.24. The minimum Gasteiger partial charge on any atom is -0.355 e. The van der Waals surface area contributed by atoms with Crippen molar-refractivity contribution in [1.29, 1.82) is 0 Å². The van der Waals surface area contributed by atoms with Crippen LogP contribution in [0.2, 0.25) is 0 Å². The van der Waals surface area contributed by atoms with Gasteiger partial charge in [0.2, 0.25) is 17.7 Å². The number of hydrogen-bond acceptors (Lipinski definition) is 3. The molecule has 2 rings (SSSR count). The summed E-state index contributed by atoms with van der Waals surface area (Å²) in [7, 11) is 0. The fourth-order valence-corrected chi connectivity index (χ4v) is 2.04. The van der Waals surface area contributed by atoms with Crippen molar-refractivity contribution in [3.8, 4) is 0 Å². The van der Waals surface area contributed by atoms with Gasteiger partial charge in [-0.3, -0.25) is 14.4 Å². The number of benzene rings is 1. The molecule has 106 valence electrons. The van der Waals surface area contributed by atoms with Crippen LogP contribution in [0.4, 0.5) is 11.4 Å². The number of amides is 3. The molecule has 6 nitrogen and oxygen atoms in total. The summed E-state index contributed by atoms with van der Waals surface area (Å²) in [6.45, 7) is 1.82. The Hall–Kier alpha value is -2.37. The van der Waals surface area contributed by atoms with E-state index in [4.69, 9.17) is 0 Å². The molecule has 0 radical (unpaired) electrons. The molecule has 1 atom stereocenters. The Morgan fingerprint density at radius 3 is 2.25 bits per heavy atom.